The molecule has 2 nitrogen and oxygen atoms in total. The first-order valence-electron chi connectivity index (χ1n) is 6.41. The smallest absolute Gasteiger partial charge is 0.120 e. The minimum absolute atomic E-state index is 0.499. The maximum Gasteiger partial charge on any atom is 0.120 e. The average Bonchev–Trinajstić information content (AvgIpc) is 2.46. The normalized spacial score (nSPS) is 10.2. The van der Waals surface area contributed by atoms with Gasteiger partial charge < -0.3 is 4.74 Å². The third-order valence-corrected chi connectivity index (χ3v) is 3.01. The third-order valence-electron chi connectivity index (χ3n) is 3.01. The van der Waals surface area contributed by atoms with Crippen LogP contribution in [0.5, 0.6) is 5.75 Å². The SMILES string of the molecule is CC(C)c1cccc(OCc2ccc(C#N)cc2)c1. The third kappa shape index (κ3) is 3.59. The van der Waals surface area contributed by atoms with Gasteiger partial charge in [0.15, 0.2) is 0 Å². The molecule has 0 aliphatic heterocycles. The van der Waals surface area contributed by atoms with Crippen LogP contribution in [0.25, 0.3) is 0 Å². The number of nitriles is 1. The van der Waals surface area contributed by atoms with Gasteiger partial charge in [-0.15, -0.1) is 0 Å². The predicted octanol–water partition coefficient (Wildman–Crippen LogP) is 4.26. The molecule has 0 aliphatic rings. The standard InChI is InChI=1S/C17H17NO/c1-13(2)16-4-3-5-17(10-16)19-12-15-8-6-14(11-18)7-9-15/h3-10,13H,12H2,1-2H3. The lowest BCUT2D eigenvalue weighted by Gasteiger charge is -2.10. The van der Waals surface area contributed by atoms with Crippen LogP contribution in [-0.4, -0.2) is 0 Å². The highest BCUT2D eigenvalue weighted by molar-refractivity contribution is 5.33. The van der Waals surface area contributed by atoms with Crippen molar-refractivity contribution < 1.29 is 4.74 Å². The molecule has 0 bridgehead atoms. The van der Waals surface area contributed by atoms with Gasteiger partial charge in [0.1, 0.15) is 12.4 Å². The van der Waals surface area contributed by atoms with Crippen LogP contribution >= 0.6 is 0 Å². The zero-order valence-corrected chi connectivity index (χ0v) is 11.3. The van der Waals surface area contributed by atoms with Gasteiger partial charge in [0.2, 0.25) is 0 Å². The van der Waals surface area contributed by atoms with Crippen LogP contribution in [0, 0.1) is 11.3 Å². The highest BCUT2D eigenvalue weighted by Gasteiger charge is 2.01. The largest absolute Gasteiger partial charge is 0.489 e. The Kier molecular flexibility index (Phi) is 4.20. The lowest BCUT2D eigenvalue weighted by atomic mass is 10.0. The van der Waals surface area contributed by atoms with Crippen molar-refractivity contribution >= 4 is 0 Å². The molecule has 0 heterocycles. The highest BCUT2D eigenvalue weighted by atomic mass is 16.5. The van der Waals surface area contributed by atoms with Crippen molar-refractivity contribution in [2.24, 2.45) is 0 Å². The van der Waals surface area contributed by atoms with Crippen LogP contribution in [-0.2, 0) is 6.61 Å². The van der Waals surface area contributed by atoms with E-state index in [0.717, 1.165) is 11.3 Å². The van der Waals surface area contributed by atoms with Gasteiger partial charge in [-0.2, -0.15) is 5.26 Å². The van der Waals surface area contributed by atoms with E-state index in [1.165, 1.54) is 5.56 Å². The van der Waals surface area contributed by atoms with Gasteiger partial charge in [0.25, 0.3) is 0 Å². The molecule has 0 unspecified atom stereocenters. The highest BCUT2D eigenvalue weighted by Crippen LogP contribution is 2.21. The van der Waals surface area contributed by atoms with Crippen molar-refractivity contribution in [1.29, 1.82) is 5.26 Å². The van der Waals surface area contributed by atoms with E-state index in [-0.39, 0.29) is 0 Å². The Morgan fingerprint density at radius 1 is 1.11 bits per heavy atom. The van der Waals surface area contributed by atoms with Crippen molar-refractivity contribution in [3.05, 3.63) is 65.2 Å². The summed E-state index contributed by atoms with van der Waals surface area (Å²) in [5.41, 5.74) is 3.01. The molecule has 96 valence electrons. The van der Waals surface area contributed by atoms with Gasteiger partial charge >= 0.3 is 0 Å². The summed E-state index contributed by atoms with van der Waals surface area (Å²) in [5.74, 6) is 1.38. The molecule has 0 fully saturated rings. The molecule has 0 saturated heterocycles. The molecular weight excluding hydrogens is 234 g/mol. The molecule has 0 N–H and O–H groups in total. The number of benzene rings is 2. The first-order valence-corrected chi connectivity index (χ1v) is 6.41. The van der Waals surface area contributed by atoms with Crippen molar-refractivity contribution in [2.75, 3.05) is 0 Å². The number of hydrogen-bond acceptors (Lipinski definition) is 2. The summed E-state index contributed by atoms with van der Waals surface area (Å²) in [6.07, 6.45) is 0. The Morgan fingerprint density at radius 3 is 2.47 bits per heavy atom. The second-order valence-electron chi connectivity index (χ2n) is 4.82. The molecule has 2 aromatic rings. The van der Waals surface area contributed by atoms with E-state index >= 15 is 0 Å². The number of rotatable bonds is 4. The summed E-state index contributed by atoms with van der Waals surface area (Å²) in [7, 11) is 0. The molecule has 0 radical (unpaired) electrons. The molecular formula is C17H17NO. The van der Waals surface area contributed by atoms with E-state index in [1.807, 2.05) is 36.4 Å². The molecule has 2 heteroatoms. The predicted molar refractivity (Wildman–Crippen MR) is 76.0 cm³/mol. The van der Waals surface area contributed by atoms with Crippen LogP contribution in [0.4, 0.5) is 0 Å². The lowest BCUT2D eigenvalue weighted by molar-refractivity contribution is 0.306. The number of hydrogen-bond donors (Lipinski definition) is 0. The summed E-state index contributed by atoms with van der Waals surface area (Å²) in [4.78, 5) is 0. The van der Waals surface area contributed by atoms with Gasteiger partial charge in [-0.25, -0.2) is 0 Å². The van der Waals surface area contributed by atoms with Crippen LogP contribution in [0.15, 0.2) is 48.5 Å². The molecule has 0 saturated carbocycles. The molecule has 0 atom stereocenters. The molecule has 0 amide bonds. The summed E-state index contributed by atoms with van der Waals surface area (Å²) in [6, 6.07) is 17.7. The number of ether oxygens (including phenoxy) is 1. The van der Waals surface area contributed by atoms with Gasteiger partial charge in [0.05, 0.1) is 11.6 Å². The van der Waals surface area contributed by atoms with Crippen LogP contribution in [0.2, 0.25) is 0 Å². The molecule has 0 aliphatic carbocycles. The fraction of sp³-hybridized carbons (Fsp3) is 0.235. The second kappa shape index (κ2) is 6.06. The lowest BCUT2D eigenvalue weighted by Crippen LogP contribution is -1.96. The van der Waals surface area contributed by atoms with E-state index in [4.69, 9.17) is 10.00 Å². The van der Waals surface area contributed by atoms with Gasteiger partial charge in [0, 0.05) is 0 Å². The maximum absolute atomic E-state index is 8.74. The summed E-state index contributed by atoms with van der Waals surface area (Å²) in [6.45, 7) is 4.85. The summed E-state index contributed by atoms with van der Waals surface area (Å²) >= 11 is 0. The van der Waals surface area contributed by atoms with Crippen LogP contribution < -0.4 is 4.74 Å². The molecule has 19 heavy (non-hydrogen) atoms. The quantitative estimate of drug-likeness (QED) is 0.813. The minimum atomic E-state index is 0.499. The fourth-order valence-corrected chi connectivity index (χ4v) is 1.81. The average molecular weight is 251 g/mol. The second-order valence-corrected chi connectivity index (χ2v) is 4.82. The van der Waals surface area contributed by atoms with E-state index < -0.39 is 0 Å². The van der Waals surface area contributed by atoms with E-state index in [0.29, 0.717) is 18.1 Å². The van der Waals surface area contributed by atoms with Gasteiger partial charge in [-0.3, -0.25) is 0 Å². The van der Waals surface area contributed by atoms with Crippen molar-refractivity contribution in [2.45, 2.75) is 26.4 Å². The van der Waals surface area contributed by atoms with E-state index in [2.05, 4.69) is 32.0 Å². The Bertz CT molecular complexity index is 579. The first kappa shape index (κ1) is 13.2. The Balaban J connectivity index is 2.02. The van der Waals surface area contributed by atoms with Crippen LogP contribution in [0.1, 0.15) is 36.5 Å². The molecule has 2 rings (SSSR count). The molecule has 2 aromatic carbocycles. The van der Waals surface area contributed by atoms with Crippen molar-refractivity contribution in [3.63, 3.8) is 0 Å². The number of nitrogens with zero attached hydrogens (tertiary/aromatic N) is 1. The van der Waals surface area contributed by atoms with E-state index in [1.54, 1.807) is 0 Å². The van der Waals surface area contributed by atoms with Crippen LogP contribution in [0.3, 0.4) is 0 Å². The maximum atomic E-state index is 8.74. The Labute approximate surface area is 114 Å². The zero-order valence-electron chi connectivity index (χ0n) is 11.3. The first-order chi connectivity index (χ1) is 9.19. The van der Waals surface area contributed by atoms with E-state index in [9.17, 15) is 0 Å². The van der Waals surface area contributed by atoms with Crippen molar-refractivity contribution in [3.8, 4) is 11.8 Å². The summed E-state index contributed by atoms with van der Waals surface area (Å²) < 4.78 is 5.77. The minimum Gasteiger partial charge on any atom is -0.489 e. The zero-order chi connectivity index (χ0) is 13.7. The monoisotopic (exact) mass is 251 g/mol. The summed E-state index contributed by atoms with van der Waals surface area (Å²) in [5, 5.41) is 8.74. The fourth-order valence-electron chi connectivity index (χ4n) is 1.81. The van der Waals surface area contributed by atoms with Crippen molar-refractivity contribution in [1.82, 2.24) is 0 Å². The Morgan fingerprint density at radius 2 is 1.84 bits per heavy atom. The Hall–Kier alpha value is -2.27. The topological polar surface area (TPSA) is 33.0 Å². The molecule has 0 spiro atoms. The van der Waals surface area contributed by atoms with Gasteiger partial charge in [-0.05, 0) is 41.3 Å². The van der Waals surface area contributed by atoms with Gasteiger partial charge in [-0.1, -0.05) is 38.1 Å². The molecule has 0 aromatic heterocycles.